The van der Waals surface area contributed by atoms with Crippen molar-refractivity contribution < 1.29 is 17.6 Å². The highest BCUT2D eigenvalue weighted by Gasteiger charge is 2.29. The molecule has 1 saturated heterocycles. The molecule has 0 bridgehead atoms. The first-order chi connectivity index (χ1) is 11.4. The first-order valence-electron chi connectivity index (χ1n) is 7.83. The molecule has 3 heterocycles. The van der Waals surface area contributed by atoms with Gasteiger partial charge >= 0.3 is 0 Å². The van der Waals surface area contributed by atoms with Crippen LogP contribution in [0, 0.1) is 5.82 Å². The van der Waals surface area contributed by atoms with E-state index < -0.39 is 9.84 Å². The van der Waals surface area contributed by atoms with Crippen molar-refractivity contribution in [2.75, 3.05) is 30.3 Å². The summed E-state index contributed by atoms with van der Waals surface area (Å²) in [5, 5.41) is 0.0354. The van der Waals surface area contributed by atoms with Gasteiger partial charge in [0, 0.05) is 24.5 Å². The van der Waals surface area contributed by atoms with Crippen molar-refractivity contribution >= 4 is 33.1 Å². The molecule has 3 rings (SSSR count). The van der Waals surface area contributed by atoms with Crippen LogP contribution in [-0.4, -0.2) is 59.8 Å². The van der Waals surface area contributed by atoms with E-state index in [2.05, 4.69) is 4.98 Å². The Morgan fingerprint density at radius 1 is 1.42 bits per heavy atom. The summed E-state index contributed by atoms with van der Waals surface area (Å²) in [5.74, 6) is 0.384. The summed E-state index contributed by atoms with van der Waals surface area (Å²) in [6.07, 6.45) is 6.03. The summed E-state index contributed by atoms with van der Waals surface area (Å²) in [4.78, 5) is 17.9. The first kappa shape index (κ1) is 17.4. The van der Waals surface area contributed by atoms with Crippen molar-refractivity contribution in [2.45, 2.75) is 18.1 Å². The number of thioether (sulfide) groups is 1. The number of aromatic nitrogens is 1. The number of carbonyl (C=O) groups excluding carboxylic acids is 1. The van der Waals surface area contributed by atoms with Crippen molar-refractivity contribution in [2.24, 2.45) is 0 Å². The second-order valence-corrected chi connectivity index (χ2v) is 9.56. The third kappa shape index (κ3) is 4.36. The molecule has 0 spiro atoms. The Kier molecular flexibility index (Phi) is 5.24. The van der Waals surface area contributed by atoms with Gasteiger partial charge in [0.25, 0.3) is 0 Å². The van der Waals surface area contributed by atoms with Gasteiger partial charge in [-0.3, -0.25) is 9.78 Å². The third-order valence-corrected chi connectivity index (χ3v) is 7.54. The molecule has 1 aromatic heterocycles. The molecule has 5 nitrogen and oxygen atoms in total. The lowest BCUT2D eigenvalue weighted by Gasteiger charge is -2.27. The molecule has 0 aromatic carbocycles. The van der Waals surface area contributed by atoms with Crippen molar-refractivity contribution in [1.82, 2.24) is 9.88 Å². The molecule has 8 heteroatoms. The number of halogens is 1. The van der Waals surface area contributed by atoms with Crippen LogP contribution in [0.3, 0.4) is 0 Å². The summed E-state index contributed by atoms with van der Waals surface area (Å²) in [6.45, 7) is 1.08. The minimum Gasteiger partial charge on any atom is -0.338 e. The topological polar surface area (TPSA) is 67.3 Å². The smallest absolute Gasteiger partial charge is 0.232 e. The molecule has 0 N–H and O–H groups in total. The van der Waals surface area contributed by atoms with Gasteiger partial charge in [-0.2, -0.15) is 0 Å². The zero-order valence-electron chi connectivity index (χ0n) is 13.2. The number of carbonyl (C=O) groups is 1. The van der Waals surface area contributed by atoms with Crippen LogP contribution in [0.25, 0.3) is 5.57 Å². The number of hydrogen-bond acceptors (Lipinski definition) is 5. The minimum absolute atomic E-state index is 0.0250. The zero-order valence-corrected chi connectivity index (χ0v) is 14.8. The molecule has 1 amide bonds. The Bertz CT molecular complexity index is 764. The lowest BCUT2D eigenvalue weighted by atomic mass is 10.0. The second-order valence-electron chi connectivity index (χ2n) is 6.05. The van der Waals surface area contributed by atoms with Crippen molar-refractivity contribution in [3.05, 3.63) is 35.9 Å². The van der Waals surface area contributed by atoms with Gasteiger partial charge in [0.15, 0.2) is 9.84 Å². The monoisotopic (exact) mass is 370 g/mol. The van der Waals surface area contributed by atoms with Gasteiger partial charge in [0.2, 0.25) is 5.91 Å². The van der Waals surface area contributed by atoms with Crippen LogP contribution < -0.4 is 0 Å². The Labute approximate surface area is 145 Å². The van der Waals surface area contributed by atoms with E-state index in [0.717, 1.165) is 11.1 Å². The van der Waals surface area contributed by atoms with E-state index in [9.17, 15) is 17.6 Å². The molecule has 2 aliphatic heterocycles. The van der Waals surface area contributed by atoms with Crippen LogP contribution in [0.2, 0.25) is 0 Å². The number of pyridine rings is 1. The largest absolute Gasteiger partial charge is 0.338 e. The van der Waals surface area contributed by atoms with Gasteiger partial charge in [0.1, 0.15) is 5.82 Å². The van der Waals surface area contributed by atoms with Crippen molar-refractivity contribution in [3.8, 4) is 0 Å². The molecule has 1 aromatic rings. The fourth-order valence-corrected chi connectivity index (χ4v) is 6.46. The molecular weight excluding hydrogens is 351 g/mol. The van der Waals surface area contributed by atoms with Gasteiger partial charge in [-0.05, 0) is 30.0 Å². The first-order valence-corrected chi connectivity index (χ1v) is 10.7. The quantitative estimate of drug-likeness (QED) is 0.808. The van der Waals surface area contributed by atoms with E-state index in [1.807, 2.05) is 6.08 Å². The molecule has 24 heavy (non-hydrogen) atoms. The fraction of sp³-hybridized carbons (Fsp3) is 0.500. The second kappa shape index (κ2) is 7.23. The highest BCUT2D eigenvalue weighted by atomic mass is 32.2. The fourth-order valence-electron chi connectivity index (χ4n) is 2.92. The molecule has 1 fully saturated rings. The van der Waals surface area contributed by atoms with Crippen LogP contribution in [0.1, 0.15) is 18.4 Å². The van der Waals surface area contributed by atoms with Gasteiger partial charge in [-0.1, -0.05) is 6.08 Å². The van der Waals surface area contributed by atoms with Gasteiger partial charge in [-0.25, -0.2) is 12.8 Å². The van der Waals surface area contributed by atoms with Gasteiger partial charge < -0.3 is 4.90 Å². The summed E-state index contributed by atoms with van der Waals surface area (Å²) in [5.41, 5.74) is 1.76. The number of rotatable bonds is 4. The molecule has 1 atom stereocenters. The number of hydrogen-bond donors (Lipinski definition) is 0. The Hall–Kier alpha value is -1.41. The van der Waals surface area contributed by atoms with Crippen LogP contribution in [-0.2, 0) is 14.6 Å². The SMILES string of the molecule is O=C(CS[C@@H]1CCS(=O)(=O)C1)N1CC=C(c2cncc(F)c2)CC1. The van der Waals surface area contributed by atoms with Crippen LogP contribution >= 0.6 is 11.8 Å². The Morgan fingerprint density at radius 3 is 2.88 bits per heavy atom. The maximum atomic E-state index is 13.2. The standard InChI is InChI=1S/C16H19FN2O3S2/c17-14-7-13(8-18-9-14)12-1-4-19(5-2-12)16(20)10-23-15-3-6-24(21,22)11-15/h1,7-9,15H,2-6,10-11H2/t15-/m1/s1. The average molecular weight is 370 g/mol. The molecule has 0 unspecified atom stereocenters. The van der Waals surface area contributed by atoms with Crippen molar-refractivity contribution in [3.63, 3.8) is 0 Å². The normalized spacial score (nSPS) is 23.1. The number of sulfone groups is 1. The maximum absolute atomic E-state index is 13.2. The molecule has 0 saturated carbocycles. The van der Waals surface area contributed by atoms with E-state index >= 15 is 0 Å². The summed E-state index contributed by atoms with van der Waals surface area (Å²) in [6, 6.07) is 1.45. The highest BCUT2D eigenvalue weighted by Crippen LogP contribution is 2.26. The van der Waals surface area contributed by atoms with Crippen molar-refractivity contribution in [1.29, 1.82) is 0 Å². The number of amides is 1. The molecular formula is C16H19FN2O3S2. The zero-order chi connectivity index (χ0) is 17.2. The minimum atomic E-state index is -2.90. The average Bonchev–Trinajstić information content (AvgIpc) is 2.92. The summed E-state index contributed by atoms with van der Waals surface area (Å²) >= 11 is 1.44. The predicted octanol–water partition coefficient (Wildman–Crippen LogP) is 1.76. The number of nitrogens with zero attached hydrogens (tertiary/aromatic N) is 2. The van der Waals surface area contributed by atoms with Crippen LogP contribution in [0.4, 0.5) is 4.39 Å². The van der Waals surface area contributed by atoms with Crippen LogP contribution in [0.15, 0.2) is 24.5 Å². The van der Waals surface area contributed by atoms with E-state index in [-0.39, 0.29) is 28.5 Å². The molecule has 2 aliphatic rings. The van der Waals surface area contributed by atoms with E-state index in [4.69, 9.17) is 0 Å². The van der Waals surface area contributed by atoms with E-state index in [0.29, 0.717) is 31.7 Å². The van der Waals surface area contributed by atoms with Crippen LogP contribution in [0.5, 0.6) is 0 Å². The highest BCUT2D eigenvalue weighted by molar-refractivity contribution is 8.02. The van der Waals surface area contributed by atoms with Gasteiger partial charge in [-0.15, -0.1) is 11.8 Å². The lowest BCUT2D eigenvalue weighted by molar-refractivity contribution is -0.127. The third-order valence-electron chi connectivity index (χ3n) is 4.27. The van der Waals surface area contributed by atoms with E-state index in [1.165, 1.54) is 24.0 Å². The summed E-state index contributed by atoms with van der Waals surface area (Å²) in [7, 11) is -2.90. The molecule has 0 aliphatic carbocycles. The Morgan fingerprint density at radius 2 is 2.25 bits per heavy atom. The Balaban J connectivity index is 1.51. The lowest BCUT2D eigenvalue weighted by Crippen LogP contribution is -2.36. The predicted molar refractivity (Wildman–Crippen MR) is 92.9 cm³/mol. The van der Waals surface area contributed by atoms with Gasteiger partial charge in [0.05, 0.1) is 23.5 Å². The maximum Gasteiger partial charge on any atom is 0.232 e. The summed E-state index contributed by atoms with van der Waals surface area (Å²) < 4.78 is 36.1. The van der Waals surface area contributed by atoms with E-state index in [1.54, 1.807) is 11.1 Å². The molecule has 0 radical (unpaired) electrons. The molecule has 130 valence electrons.